The Morgan fingerprint density at radius 2 is 0.980 bits per heavy atom. The van der Waals surface area contributed by atoms with Crippen LogP contribution in [0.1, 0.15) is 25.0 Å². The second-order valence-corrected chi connectivity index (χ2v) is 13.6. The van der Waals surface area contributed by atoms with Crippen LogP contribution in [0.25, 0.3) is 89.1 Å². The van der Waals surface area contributed by atoms with Crippen molar-refractivity contribution in [2.75, 3.05) is 0 Å². The van der Waals surface area contributed by atoms with Crippen molar-refractivity contribution in [3.8, 4) is 56.4 Å². The molecule has 0 saturated carbocycles. The number of nitrogens with zero attached hydrogens (tertiary/aromatic N) is 3. The van der Waals surface area contributed by atoms with Gasteiger partial charge >= 0.3 is 0 Å². The van der Waals surface area contributed by atoms with Gasteiger partial charge in [-0.05, 0) is 44.8 Å². The van der Waals surface area contributed by atoms with Gasteiger partial charge in [0, 0.05) is 38.3 Å². The Labute approximate surface area is 289 Å². The van der Waals surface area contributed by atoms with Gasteiger partial charge in [0.1, 0.15) is 11.2 Å². The van der Waals surface area contributed by atoms with Gasteiger partial charge in [0.15, 0.2) is 17.5 Å². The number of rotatable bonds is 4. The van der Waals surface area contributed by atoms with Gasteiger partial charge in [-0.25, -0.2) is 15.0 Å². The Hall–Kier alpha value is -6.39. The van der Waals surface area contributed by atoms with Gasteiger partial charge in [0.25, 0.3) is 0 Å². The molecule has 0 saturated heterocycles. The molecular weight excluding hydrogens is 611 g/mol. The summed E-state index contributed by atoms with van der Waals surface area (Å²) in [5.41, 5.74) is 11.7. The van der Waals surface area contributed by atoms with Crippen LogP contribution in [0.4, 0.5) is 0 Å². The highest BCUT2D eigenvalue weighted by Crippen LogP contribution is 2.56. The van der Waals surface area contributed by atoms with Crippen molar-refractivity contribution < 1.29 is 4.42 Å². The molecule has 0 amide bonds. The molecule has 0 radical (unpaired) electrons. The highest BCUT2D eigenvalue weighted by molar-refractivity contribution is 6.25. The van der Waals surface area contributed by atoms with Crippen molar-refractivity contribution in [3.63, 3.8) is 0 Å². The quantitative estimate of drug-likeness (QED) is 0.192. The van der Waals surface area contributed by atoms with Crippen LogP contribution in [0.15, 0.2) is 156 Å². The van der Waals surface area contributed by atoms with Gasteiger partial charge in [-0.1, -0.05) is 159 Å². The molecule has 1 aliphatic rings. The van der Waals surface area contributed by atoms with E-state index in [-0.39, 0.29) is 5.41 Å². The zero-order chi connectivity index (χ0) is 33.4. The van der Waals surface area contributed by atoms with Gasteiger partial charge < -0.3 is 4.42 Å². The Morgan fingerprint density at radius 3 is 1.72 bits per heavy atom. The molecule has 7 aromatic carbocycles. The van der Waals surface area contributed by atoms with Crippen LogP contribution < -0.4 is 0 Å². The van der Waals surface area contributed by atoms with Crippen LogP contribution in [0, 0.1) is 0 Å². The molecule has 4 heteroatoms. The Kier molecular flexibility index (Phi) is 6.19. The highest BCUT2D eigenvalue weighted by atomic mass is 16.3. The largest absolute Gasteiger partial charge is 0.455 e. The van der Waals surface area contributed by atoms with Crippen LogP contribution in [0.5, 0.6) is 0 Å². The SMILES string of the molecule is CC1(C)c2ccccc2-c2c1c1c(oc3cccc(-c4nc(-c5ccccc5)nc(-c5ccc(-c6ccccc6)cc5)n4)c31)c1ccccc21. The molecule has 236 valence electrons. The third kappa shape index (κ3) is 4.21. The van der Waals surface area contributed by atoms with E-state index in [2.05, 4.69) is 123 Å². The van der Waals surface area contributed by atoms with Crippen molar-refractivity contribution >= 4 is 32.7 Å². The van der Waals surface area contributed by atoms with E-state index < -0.39 is 0 Å². The van der Waals surface area contributed by atoms with Gasteiger partial charge in [-0.2, -0.15) is 0 Å². The average molecular weight is 642 g/mol. The van der Waals surface area contributed by atoms with Crippen LogP contribution in [-0.4, -0.2) is 15.0 Å². The molecule has 1 aliphatic carbocycles. The third-order valence-corrected chi connectivity index (χ3v) is 10.3. The van der Waals surface area contributed by atoms with Crippen molar-refractivity contribution in [1.82, 2.24) is 15.0 Å². The minimum atomic E-state index is -0.252. The molecule has 10 rings (SSSR count). The standard InChI is InChI=1S/C46H31N3O/c1-46(2)36-22-12-11-20-34(36)38-32-18-9-10-19-33(32)42-40(41(38)46)39-35(21-13-23-37(39)50-42)45-48-43(30-16-7-4-8-17-30)47-44(49-45)31-26-24-29(25-27-31)28-14-5-3-6-15-28/h3-27H,1-2H3. The number of aromatic nitrogens is 3. The van der Waals surface area contributed by atoms with Crippen molar-refractivity contribution in [1.29, 1.82) is 0 Å². The molecule has 0 unspecified atom stereocenters. The van der Waals surface area contributed by atoms with E-state index in [1.807, 2.05) is 42.5 Å². The van der Waals surface area contributed by atoms with E-state index in [0.717, 1.165) is 49.6 Å². The molecule has 0 fully saturated rings. The van der Waals surface area contributed by atoms with E-state index in [0.29, 0.717) is 17.5 Å². The summed E-state index contributed by atoms with van der Waals surface area (Å²) in [5, 5.41) is 4.47. The minimum absolute atomic E-state index is 0.252. The predicted molar refractivity (Wildman–Crippen MR) is 204 cm³/mol. The van der Waals surface area contributed by atoms with Crippen molar-refractivity contribution in [2.45, 2.75) is 19.3 Å². The maximum atomic E-state index is 6.86. The molecule has 0 N–H and O–H groups in total. The molecule has 0 bridgehead atoms. The zero-order valence-electron chi connectivity index (χ0n) is 27.7. The molecule has 0 atom stereocenters. The fourth-order valence-electron chi connectivity index (χ4n) is 7.99. The Morgan fingerprint density at radius 1 is 0.440 bits per heavy atom. The summed E-state index contributed by atoms with van der Waals surface area (Å²) in [6.07, 6.45) is 0. The first-order valence-corrected chi connectivity index (χ1v) is 17.0. The first-order chi connectivity index (χ1) is 24.6. The summed E-state index contributed by atoms with van der Waals surface area (Å²) in [5.74, 6) is 1.87. The summed E-state index contributed by atoms with van der Waals surface area (Å²) >= 11 is 0. The predicted octanol–water partition coefficient (Wildman–Crippen LogP) is 11.9. The minimum Gasteiger partial charge on any atom is -0.455 e. The van der Waals surface area contributed by atoms with Gasteiger partial charge in [-0.3, -0.25) is 0 Å². The van der Waals surface area contributed by atoms with E-state index in [4.69, 9.17) is 19.4 Å². The molecule has 50 heavy (non-hydrogen) atoms. The highest BCUT2D eigenvalue weighted by Gasteiger charge is 2.40. The fraction of sp³-hybridized carbons (Fsp3) is 0.0652. The molecule has 2 heterocycles. The van der Waals surface area contributed by atoms with Gasteiger partial charge in [-0.15, -0.1) is 0 Å². The Bertz CT molecular complexity index is 2760. The second kappa shape index (κ2) is 10.8. The molecule has 0 aliphatic heterocycles. The van der Waals surface area contributed by atoms with Crippen molar-refractivity contribution in [2.24, 2.45) is 0 Å². The monoisotopic (exact) mass is 641 g/mol. The van der Waals surface area contributed by atoms with Crippen LogP contribution in [0.2, 0.25) is 0 Å². The lowest BCUT2D eigenvalue weighted by atomic mass is 9.79. The molecule has 4 nitrogen and oxygen atoms in total. The lowest BCUT2D eigenvalue weighted by Gasteiger charge is -2.23. The van der Waals surface area contributed by atoms with Gasteiger partial charge in [0.2, 0.25) is 0 Å². The Balaban J connectivity index is 1.26. The fourth-order valence-corrected chi connectivity index (χ4v) is 7.99. The molecule has 9 aromatic rings. The van der Waals surface area contributed by atoms with E-state index in [1.165, 1.54) is 33.2 Å². The van der Waals surface area contributed by atoms with Crippen LogP contribution in [-0.2, 0) is 5.41 Å². The molecule has 0 spiro atoms. The van der Waals surface area contributed by atoms with Gasteiger partial charge in [0.05, 0.1) is 0 Å². The lowest BCUT2D eigenvalue weighted by Crippen LogP contribution is -2.15. The first kappa shape index (κ1) is 28.6. The van der Waals surface area contributed by atoms with Crippen LogP contribution in [0.3, 0.4) is 0 Å². The third-order valence-electron chi connectivity index (χ3n) is 10.3. The number of benzene rings is 7. The van der Waals surface area contributed by atoms with Crippen molar-refractivity contribution in [3.05, 3.63) is 163 Å². The normalized spacial score (nSPS) is 13.2. The first-order valence-electron chi connectivity index (χ1n) is 17.0. The maximum absolute atomic E-state index is 6.86. The summed E-state index contributed by atoms with van der Waals surface area (Å²) < 4.78 is 6.86. The number of fused-ring (bicyclic) bond motifs is 10. The summed E-state index contributed by atoms with van der Waals surface area (Å²) in [7, 11) is 0. The molecule has 2 aromatic heterocycles. The van der Waals surface area contributed by atoms with Crippen LogP contribution >= 0.6 is 0 Å². The summed E-state index contributed by atoms with van der Waals surface area (Å²) in [6, 6.07) is 52.7. The summed E-state index contributed by atoms with van der Waals surface area (Å²) in [6.45, 7) is 4.67. The molecular formula is C46H31N3O. The average Bonchev–Trinajstić information content (AvgIpc) is 3.68. The number of furan rings is 1. The smallest absolute Gasteiger partial charge is 0.164 e. The van der Waals surface area contributed by atoms with E-state index >= 15 is 0 Å². The second-order valence-electron chi connectivity index (χ2n) is 13.6. The lowest BCUT2D eigenvalue weighted by molar-refractivity contribution is 0.659. The topological polar surface area (TPSA) is 51.8 Å². The number of hydrogen-bond donors (Lipinski definition) is 0. The summed E-state index contributed by atoms with van der Waals surface area (Å²) in [4.78, 5) is 15.4. The zero-order valence-corrected chi connectivity index (χ0v) is 27.7. The number of hydrogen-bond acceptors (Lipinski definition) is 4. The maximum Gasteiger partial charge on any atom is 0.164 e. The van der Waals surface area contributed by atoms with E-state index in [9.17, 15) is 0 Å². The van der Waals surface area contributed by atoms with E-state index in [1.54, 1.807) is 0 Å².